The third-order valence-electron chi connectivity index (χ3n) is 0. The third kappa shape index (κ3) is 39.4. The molecule has 0 bridgehead atoms. The van der Waals surface area contributed by atoms with Gasteiger partial charge in [-0.1, -0.05) is 0 Å². The van der Waals surface area contributed by atoms with Gasteiger partial charge in [-0.05, 0) is 0 Å². The first-order valence-electron chi connectivity index (χ1n) is 0.721. The molecule has 0 amide bonds. The molecule has 0 radical (unpaired) electrons. The van der Waals surface area contributed by atoms with Crippen molar-refractivity contribution in [3.05, 3.63) is 0 Å². The third-order valence-corrected chi connectivity index (χ3v) is 0. The summed E-state index contributed by atoms with van der Waals surface area (Å²) in [6, 6.07) is 0. The van der Waals surface area contributed by atoms with Crippen LogP contribution in [-0.2, 0) is 4.57 Å². The first-order valence-corrected chi connectivity index (χ1v) is 3.18. The zero-order valence-electron chi connectivity index (χ0n) is 2.06. The van der Waals surface area contributed by atoms with Crippen LogP contribution in [0.2, 0.25) is 0 Å². The van der Waals surface area contributed by atoms with E-state index in [1.54, 1.807) is 0 Å². The van der Waals surface area contributed by atoms with E-state index < -0.39 is 7.03 Å². The fourth-order valence-corrected chi connectivity index (χ4v) is 0. The minimum absolute atomic E-state index is 0. The predicted molar refractivity (Wildman–Crippen MR) is 25.3 cm³/mol. The molecule has 0 fully saturated rings. The van der Waals surface area contributed by atoms with E-state index in [9.17, 15) is 4.20 Å². The number of hydrogen-bond donors (Lipinski definition) is 1. The van der Waals surface area contributed by atoms with Crippen molar-refractivity contribution in [3.63, 3.8) is 0 Å². The Hall–Kier alpha value is 1.89. The van der Waals surface area contributed by atoms with Crippen LogP contribution in [0.25, 0.3) is 0 Å². The van der Waals surface area contributed by atoms with Crippen molar-refractivity contribution in [3.8, 4) is 0 Å². The maximum absolute atomic E-state index is 10.6. The SMILES string of the molecule is O=P(O)(F)Cl.[SrH2]. The molecule has 0 aliphatic rings. The molecule has 0 heterocycles. The van der Waals surface area contributed by atoms with Gasteiger partial charge in [-0.25, -0.2) is 4.57 Å². The van der Waals surface area contributed by atoms with E-state index in [0.717, 1.165) is 0 Å². The van der Waals surface area contributed by atoms with Gasteiger partial charge in [-0.2, -0.15) is 0 Å². The van der Waals surface area contributed by atoms with Gasteiger partial charge >= 0.3 is 52.5 Å². The molecule has 0 aromatic heterocycles. The molecule has 0 spiro atoms. The fourth-order valence-electron chi connectivity index (χ4n) is 0. The Balaban J connectivity index is 0. The van der Waals surface area contributed by atoms with Crippen molar-refractivity contribution in [2.45, 2.75) is 0 Å². The van der Waals surface area contributed by atoms with Gasteiger partial charge in [0.15, 0.2) is 0 Å². The molecular weight excluding hydrogens is 205 g/mol. The van der Waals surface area contributed by atoms with Crippen LogP contribution in [0, 0.1) is 0 Å². The molecule has 36 valence electrons. The van der Waals surface area contributed by atoms with Gasteiger partial charge in [0.05, 0.1) is 0 Å². The summed E-state index contributed by atoms with van der Waals surface area (Å²) in [6.45, 7) is 0. The summed E-state index contributed by atoms with van der Waals surface area (Å²) in [6.07, 6.45) is 0. The zero-order valence-corrected chi connectivity index (χ0v) is 3.71. The van der Waals surface area contributed by atoms with Crippen LogP contribution in [0.15, 0.2) is 0 Å². The maximum atomic E-state index is 10.6. The molecule has 0 saturated heterocycles. The van der Waals surface area contributed by atoms with E-state index >= 15 is 0 Å². The fraction of sp³-hybridized carbons (Fsp3) is 0. The predicted octanol–water partition coefficient (Wildman–Crippen LogP) is 0.379. The van der Waals surface area contributed by atoms with Gasteiger partial charge in [0, 0.05) is 11.2 Å². The molecule has 2 nitrogen and oxygen atoms in total. The molecular formula is H3ClFO2PSr. The standard InChI is InChI=1S/ClFHO2P.Sr.2H/c1-5(2,3)4;;;/h(H,3,4);;;. The summed E-state index contributed by atoms with van der Waals surface area (Å²) in [5.41, 5.74) is 0. The van der Waals surface area contributed by atoms with Crippen molar-refractivity contribution >= 4 is 63.8 Å². The average Bonchev–Trinajstić information content (AvgIpc) is 0.722. The second-order valence-electron chi connectivity index (χ2n) is 0.435. The van der Waals surface area contributed by atoms with E-state index in [-0.39, 0.29) is 45.5 Å². The second kappa shape index (κ2) is 3.84. The van der Waals surface area contributed by atoms with Gasteiger partial charge < -0.3 is 4.89 Å². The van der Waals surface area contributed by atoms with Crippen molar-refractivity contribution in [2.24, 2.45) is 0 Å². The summed E-state index contributed by atoms with van der Waals surface area (Å²) in [5.74, 6) is 0. The number of rotatable bonds is 0. The van der Waals surface area contributed by atoms with Crippen LogP contribution >= 0.6 is 18.3 Å². The van der Waals surface area contributed by atoms with Crippen molar-refractivity contribution in [1.82, 2.24) is 0 Å². The van der Waals surface area contributed by atoms with Gasteiger partial charge in [0.1, 0.15) is 0 Å². The monoisotopic (exact) mass is 208 g/mol. The Labute approximate surface area is 76.3 Å². The molecule has 0 aliphatic heterocycles. The number of hydrogen-bond acceptors (Lipinski definition) is 1. The molecule has 1 unspecified atom stereocenters. The molecule has 1 atom stereocenters. The number of halogens is 2. The zero-order chi connectivity index (χ0) is 4.50. The van der Waals surface area contributed by atoms with Crippen LogP contribution in [0.3, 0.4) is 0 Å². The Morgan fingerprint density at radius 1 is 1.83 bits per heavy atom. The first kappa shape index (κ1) is 10.8. The second-order valence-corrected chi connectivity index (χ2v) is 2.56. The van der Waals surface area contributed by atoms with Gasteiger partial charge in [0.2, 0.25) is 0 Å². The van der Waals surface area contributed by atoms with Gasteiger partial charge in [0.25, 0.3) is 0 Å². The topological polar surface area (TPSA) is 37.3 Å². The molecule has 0 aromatic carbocycles. The van der Waals surface area contributed by atoms with Crippen LogP contribution in [0.4, 0.5) is 4.20 Å². The average molecular weight is 208 g/mol. The van der Waals surface area contributed by atoms with Gasteiger partial charge in [-0.3, -0.25) is 0 Å². The van der Waals surface area contributed by atoms with Crippen LogP contribution in [-0.4, -0.2) is 50.4 Å². The van der Waals surface area contributed by atoms with Crippen molar-refractivity contribution in [2.75, 3.05) is 0 Å². The van der Waals surface area contributed by atoms with Crippen molar-refractivity contribution < 1.29 is 13.7 Å². The van der Waals surface area contributed by atoms with E-state index in [4.69, 9.17) is 9.46 Å². The Kier molecular flexibility index (Phi) is 6.91. The summed E-state index contributed by atoms with van der Waals surface area (Å²) in [4.78, 5) is 7.18. The summed E-state index contributed by atoms with van der Waals surface area (Å²) in [7, 11) is -4.67. The van der Waals surface area contributed by atoms with Crippen molar-refractivity contribution in [1.29, 1.82) is 0 Å². The molecule has 6 heteroatoms. The van der Waals surface area contributed by atoms with Gasteiger partial charge in [-0.15, -0.1) is 4.20 Å². The van der Waals surface area contributed by atoms with Crippen LogP contribution in [0.1, 0.15) is 0 Å². The van der Waals surface area contributed by atoms with E-state index in [0.29, 0.717) is 0 Å². The molecule has 0 aliphatic carbocycles. The summed E-state index contributed by atoms with van der Waals surface area (Å²) in [5, 5.41) is 0. The van der Waals surface area contributed by atoms with Crippen LogP contribution < -0.4 is 0 Å². The van der Waals surface area contributed by atoms with E-state index in [1.165, 1.54) is 0 Å². The molecule has 6 heavy (non-hydrogen) atoms. The molecule has 0 saturated carbocycles. The molecule has 0 aromatic rings. The quantitative estimate of drug-likeness (QED) is 0.461. The summed E-state index contributed by atoms with van der Waals surface area (Å²) < 4.78 is 19.4. The van der Waals surface area contributed by atoms with E-state index in [1.807, 2.05) is 0 Å². The minimum atomic E-state index is -4.67. The summed E-state index contributed by atoms with van der Waals surface area (Å²) >= 11 is 3.97. The molecule has 1 N–H and O–H groups in total. The Bertz CT molecular complexity index is 59.7. The Morgan fingerprint density at radius 2 is 1.83 bits per heavy atom. The molecule has 0 rings (SSSR count). The van der Waals surface area contributed by atoms with E-state index in [2.05, 4.69) is 11.2 Å². The Morgan fingerprint density at radius 3 is 1.83 bits per heavy atom. The van der Waals surface area contributed by atoms with Crippen LogP contribution in [0.5, 0.6) is 0 Å². The first-order chi connectivity index (χ1) is 2.00. The normalized spacial score (nSPS) is 17.8.